The number of aliphatic hydroxyl groups excluding tert-OH is 5. The maximum atomic E-state index is 12.1. The second-order valence-corrected chi connectivity index (χ2v) is 11.8. The molecule has 0 spiro atoms. The molecule has 0 aromatic heterocycles. The van der Waals surface area contributed by atoms with Gasteiger partial charge < -0.3 is 64.8 Å². The molecule has 13 atom stereocenters. The summed E-state index contributed by atoms with van der Waals surface area (Å²) in [5.41, 5.74) is 0. The molecule has 7 N–H and O–H groups in total. The number of rotatable bonds is 10. The van der Waals surface area contributed by atoms with Crippen LogP contribution in [0.25, 0.3) is 0 Å². The number of aliphatic carboxylic acids is 1. The number of carbonyl (C=O) groups is 1. The molecule has 0 radical (unpaired) electrons. The molecule has 2 heterocycles. The Balaban J connectivity index is 0.00000484. The van der Waals surface area contributed by atoms with Crippen LogP contribution in [0.5, 0.6) is 0 Å². The average Bonchev–Trinajstić information content (AvgIpc) is 2.94. The van der Waals surface area contributed by atoms with Crippen LogP contribution in [-0.2, 0) is 28.5 Å². The Labute approximate surface area is 267 Å². The summed E-state index contributed by atoms with van der Waals surface area (Å²) in [6, 6.07) is 0. The third-order valence-corrected chi connectivity index (χ3v) is 8.74. The number of ether oxygens (including phenoxy) is 5. The number of carboxylic acids is 1. The zero-order chi connectivity index (χ0) is 29.8. The molecule has 0 bridgehead atoms. The van der Waals surface area contributed by atoms with Crippen LogP contribution < -0.4 is 34.7 Å². The topological polar surface area (TPSA) is 232 Å². The Morgan fingerprint density at radius 1 is 0.833 bits per heavy atom. The molecule has 2 aliphatic carbocycles. The van der Waals surface area contributed by atoms with E-state index in [1.165, 1.54) is 6.92 Å². The fraction of sp³-hybridized carbons (Fsp3) is 0.926. The summed E-state index contributed by atoms with van der Waals surface area (Å²) >= 11 is 0. The van der Waals surface area contributed by atoms with Gasteiger partial charge in [-0.2, -0.15) is 0 Å². The minimum atomic E-state index is -1.80. The van der Waals surface area contributed by atoms with Crippen molar-refractivity contribution in [2.24, 2.45) is 5.92 Å². The van der Waals surface area contributed by atoms with Gasteiger partial charge in [0.25, 0.3) is 0 Å². The van der Waals surface area contributed by atoms with Crippen LogP contribution in [0, 0.1) is 11.3 Å². The van der Waals surface area contributed by atoms with Gasteiger partial charge in [-0.3, -0.25) is 0 Å². The van der Waals surface area contributed by atoms with E-state index in [1.807, 2.05) is 0 Å². The van der Waals surface area contributed by atoms with Gasteiger partial charge in [-0.15, -0.1) is 0 Å². The quantitative estimate of drug-likeness (QED) is 0.0704. The number of nitrogens with one attached hydrogen (secondary N) is 1. The van der Waals surface area contributed by atoms with Gasteiger partial charge in [0.2, 0.25) is 0 Å². The van der Waals surface area contributed by atoms with Crippen LogP contribution in [0.15, 0.2) is 0 Å². The monoisotopic (exact) mass is 613 g/mol. The van der Waals surface area contributed by atoms with Crippen molar-refractivity contribution in [2.45, 2.75) is 151 Å². The number of hydrogen-bond acceptors (Lipinski definition) is 13. The van der Waals surface area contributed by atoms with E-state index in [2.05, 4.69) is 0 Å². The minimum Gasteiger partial charge on any atom is -0.860 e. The Morgan fingerprint density at radius 3 is 1.93 bits per heavy atom. The first-order valence-corrected chi connectivity index (χ1v) is 14.6. The molecule has 15 heteroatoms. The van der Waals surface area contributed by atoms with E-state index < -0.39 is 91.6 Å². The van der Waals surface area contributed by atoms with Crippen LogP contribution in [0.1, 0.15) is 71.1 Å². The van der Waals surface area contributed by atoms with E-state index in [1.54, 1.807) is 0 Å². The fourth-order valence-corrected chi connectivity index (χ4v) is 6.30. The molecule has 2 saturated heterocycles. The maximum Gasteiger partial charge on any atom is 1.00 e. The maximum absolute atomic E-state index is 12.1. The van der Waals surface area contributed by atoms with Crippen molar-refractivity contribution in [3.05, 3.63) is 0 Å². The predicted octanol–water partition coefficient (Wildman–Crippen LogP) is -4.24. The first-order chi connectivity index (χ1) is 19.5. The van der Waals surface area contributed by atoms with Crippen LogP contribution in [0.4, 0.5) is 0 Å². The van der Waals surface area contributed by atoms with Gasteiger partial charge in [-0.1, -0.05) is 44.9 Å². The summed E-state index contributed by atoms with van der Waals surface area (Å²) in [6.07, 6.45) is -10.4. The van der Waals surface area contributed by atoms with Gasteiger partial charge in [0.05, 0.1) is 18.3 Å². The van der Waals surface area contributed by atoms with Gasteiger partial charge in [0, 0.05) is 0 Å². The number of carboxylic acid groups (broad SMARTS) is 1. The largest absolute Gasteiger partial charge is 1.00 e. The van der Waals surface area contributed by atoms with Crippen molar-refractivity contribution in [1.29, 1.82) is 5.41 Å². The molecule has 4 fully saturated rings. The van der Waals surface area contributed by atoms with Crippen LogP contribution in [0.2, 0.25) is 0 Å². The molecule has 0 aromatic carbocycles. The molecule has 2 aliphatic heterocycles. The van der Waals surface area contributed by atoms with Crippen molar-refractivity contribution in [3.8, 4) is 0 Å². The Kier molecular flexibility index (Phi) is 13.9. The van der Waals surface area contributed by atoms with E-state index in [0.717, 1.165) is 38.5 Å². The normalized spacial score (nSPS) is 42.3. The zero-order valence-corrected chi connectivity index (χ0v) is 26.2. The van der Waals surface area contributed by atoms with Crippen LogP contribution in [-0.4, -0.2) is 122 Å². The number of hydrogen-bond donors (Lipinski definition) is 7. The number of aliphatic hydroxyl groups is 5. The summed E-state index contributed by atoms with van der Waals surface area (Å²) in [7, 11) is 0. The van der Waals surface area contributed by atoms with E-state index in [-0.39, 0.29) is 41.9 Å². The SMILES string of the molecule is C[C@H]1O[C@H](O[C@H]2CCCC[C@@H]2O[C@H]2O[C@H](C(=N)[O-])[C@H](O)[C@@H](O[C@@H](CC3CCCCC3)C(=O)O)[C@@H]2O)[C@H](O)[C@H](O)[C@@H]1O.[Na+]. The summed E-state index contributed by atoms with van der Waals surface area (Å²) in [6.45, 7) is 1.53. The van der Waals surface area contributed by atoms with E-state index >= 15 is 0 Å². The molecule has 0 unspecified atom stereocenters. The van der Waals surface area contributed by atoms with Crippen LogP contribution >= 0.6 is 0 Å². The van der Waals surface area contributed by atoms with Crippen molar-refractivity contribution in [1.82, 2.24) is 0 Å². The third kappa shape index (κ3) is 8.62. The van der Waals surface area contributed by atoms with Crippen molar-refractivity contribution < 1.29 is 93.8 Å². The summed E-state index contributed by atoms with van der Waals surface area (Å²) < 4.78 is 28.8. The van der Waals surface area contributed by atoms with Gasteiger partial charge in [-0.25, -0.2) is 4.79 Å². The summed E-state index contributed by atoms with van der Waals surface area (Å²) in [5.74, 6) is -2.44. The molecule has 0 aromatic rings. The fourth-order valence-electron chi connectivity index (χ4n) is 6.30. The second kappa shape index (κ2) is 16.2. The Bertz CT molecular complexity index is 879. The smallest absolute Gasteiger partial charge is 0.860 e. The van der Waals surface area contributed by atoms with Gasteiger partial charge in [0.1, 0.15) is 42.7 Å². The van der Waals surface area contributed by atoms with Gasteiger partial charge >= 0.3 is 35.5 Å². The molecule has 42 heavy (non-hydrogen) atoms. The van der Waals surface area contributed by atoms with Gasteiger partial charge in [-0.05, 0) is 38.0 Å². The van der Waals surface area contributed by atoms with Crippen molar-refractivity contribution >= 4 is 11.9 Å². The standard InChI is InChI=1S/C27H45NO13.Na/c1-12-17(29)18(30)19(31)26(37-12)39-14-9-5-6-10-15(14)40-27-21(33)22(20(32)23(41-27)24(28)34)38-16(25(35)36)11-13-7-3-2-4-8-13;/h12-23,26-27,29-33H,2-11H2,1H3,(H2,28,34)(H,35,36);/q;+1/p-1/t12-,14+,15+,16+,17-,18-,19-,20-,21+,22-,23+,26-,27+;/m1./s1. The zero-order valence-electron chi connectivity index (χ0n) is 24.2. The van der Waals surface area contributed by atoms with E-state index in [4.69, 9.17) is 29.1 Å². The minimum absolute atomic E-state index is 0. The molecule has 14 nitrogen and oxygen atoms in total. The Morgan fingerprint density at radius 2 is 1.38 bits per heavy atom. The molecule has 0 amide bonds. The second-order valence-electron chi connectivity index (χ2n) is 11.8. The first-order valence-electron chi connectivity index (χ1n) is 14.6. The summed E-state index contributed by atoms with van der Waals surface area (Å²) in [4.78, 5) is 12.1. The summed E-state index contributed by atoms with van der Waals surface area (Å²) in [5, 5.41) is 81.9. The molecule has 2 saturated carbocycles. The average molecular weight is 614 g/mol. The molecular weight excluding hydrogens is 569 g/mol. The van der Waals surface area contributed by atoms with Crippen molar-refractivity contribution in [3.63, 3.8) is 0 Å². The van der Waals surface area contributed by atoms with Crippen molar-refractivity contribution in [2.75, 3.05) is 0 Å². The Hall–Kier alpha value is -0.460. The molecule has 4 rings (SSSR count). The van der Waals surface area contributed by atoms with E-state index in [0.29, 0.717) is 19.3 Å². The third-order valence-electron chi connectivity index (χ3n) is 8.74. The molecule has 4 aliphatic rings. The first kappa shape index (κ1) is 36.0. The van der Waals surface area contributed by atoms with Gasteiger partial charge in [0.15, 0.2) is 18.7 Å². The van der Waals surface area contributed by atoms with Crippen LogP contribution in [0.3, 0.4) is 0 Å². The molecular formula is C27H44NNaO13. The predicted molar refractivity (Wildman–Crippen MR) is 136 cm³/mol. The van der Waals surface area contributed by atoms with E-state index in [9.17, 15) is 40.5 Å². The molecule has 236 valence electrons.